The zero-order valence-corrected chi connectivity index (χ0v) is 15.1. The number of anilines is 2. The van der Waals surface area contributed by atoms with Gasteiger partial charge in [0.15, 0.2) is 0 Å². The van der Waals surface area contributed by atoms with Gasteiger partial charge >= 0.3 is 5.97 Å². The number of carboxylic acids is 1. The maximum absolute atomic E-state index is 10.9. The van der Waals surface area contributed by atoms with Crippen LogP contribution >= 0.6 is 0 Å². The van der Waals surface area contributed by atoms with E-state index in [1.807, 2.05) is 24.4 Å². The van der Waals surface area contributed by atoms with Crippen LogP contribution in [0.25, 0.3) is 10.9 Å². The van der Waals surface area contributed by atoms with Crippen LogP contribution in [-0.4, -0.2) is 38.6 Å². The molecule has 0 atom stereocenters. The van der Waals surface area contributed by atoms with Gasteiger partial charge in [-0.1, -0.05) is 18.2 Å². The lowest BCUT2D eigenvalue weighted by atomic mass is 9.80. The van der Waals surface area contributed by atoms with Crippen molar-refractivity contribution >= 4 is 28.6 Å². The molecule has 1 aliphatic carbocycles. The molecule has 0 radical (unpaired) electrons. The molecule has 1 fully saturated rings. The van der Waals surface area contributed by atoms with E-state index in [4.69, 9.17) is 5.11 Å². The van der Waals surface area contributed by atoms with Gasteiger partial charge in [-0.25, -0.2) is 4.98 Å². The fourth-order valence-electron chi connectivity index (χ4n) is 3.44. The number of aromatic nitrogens is 3. The van der Waals surface area contributed by atoms with Crippen molar-refractivity contribution in [3.63, 3.8) is 0 Å². The Morgan fingerprint density at radius 3 is 2.96 bits per heavy atom. The van der Waals surface area contributed by atoms with Crippen LogP contribution in [0, 0.1) is 17.2 Å². The summed E-state index contributed by atoms with van der Waals surface area (Å²) in [5.41, 5.74) is 2.67. The van der Waals surface area contributed by atoms with E-state index < -0.39 is 5.97 Å². The molecule has 0 spiro atoms. The van der Waals surface area contributed by atoms with Crippen LogP contribution in [0.4, 0.5) is 11.8 Å². The molecule has 0 bridgehead atoms. The van der Waals surface area contributed by atoms with Crippen LogP contribution in [-0.2, 0) is 11.2 Å². The highest BCUT2D eigenvalue weighted by Crippen LogP contribution is 2.30. The number of H-pyrrole nitrogens is 1. The second kappa shape index (κ2) is 7.56. The number of nitrogens with zero attached hydrogens (tertiary/aromatic N) is 3. The normalized spacial score (nSPS) is 18.2. The van der Waals surface area contributed by atoms with Crippen molar-refractivity contribution in [2.45, 2.75) is 25.3 Å². The molecule has 0 saturated heterocycles. The molecule has 0 unspecified atom stereocenters. The summed E-state index contributed by atoms with van der Waals surface area (Å²) in [5, 5.41) is 25.8. The number of carbonyl (C=O) groups is 1. The van der Waals surface area contributed by atoms with E-state index in [0.717, 1.165) is 11.9 Å². The second-order valence-corrected chi connectivity index (χ2v) is 6.95. The standard InChI is InChI=1S/C20H20N6O2/c21-9-14-11-24-20(26-18(14)25-15-7-13(8-15)19(27)28)22-6-5-12-10-23-17-4-2-1-3-16(12)17/h1-4,10-11,13,15,23H,5-8H2,(H,27,28)(H2,22,24,25,26). The summed E-state index contributed by atoms with van der Waals surface area (Å²) in [6.45, 7) is 0.651. The van der Waals surface area contributed by atoms with Gasteiger partial charge in [0.1, 0.15) is 17.5 Å². The number of aliphatic carboxylic acids is 1. The van der Waals surface area contributed by atoms with Crippen molar-refractivity contribution in [1.29, 1.82) is 5.26 Å². The van der Waals surface area contributed by atoms with Crippen LogP contribution in [0.3, 0.4) is 0 Å². The number of nitrogens with one attached hydrogen (secondary N) is 3. The molecule has 142 valence electrons. The summed E-state index contributed by atoms with van der Waals surface area (Å²) >= 11 is 0. The molecule has 28 heavy (non-hydrogen) atoms. The summed E-state index contributed by atoms with van der Waals surface area (Å²) < 4.78 is 0. The first kappa shape index (κ1) is 17.8. The van der Waals surface area contributed by atoms with E-state index in [-0.39, 0.29) is 12.0 Å². The number of aromatic amines is 1. The third-order valence-electron chi connectivity index (χ3n) is 5.09. The number of hydrogen-bond acceptors (Lipinski definition) is 6. The molecule has 4 rings (SSSR count). The van der Waals surface area contributed by atoms with Gasteiger partial charge in [0.2, 0.25) is 5.95 Å². The smallest absolute Gasteiger partial charge is 0.306 e. The molecule has 4 N–H and O–H groups in total. The Morgan fingerprint density at radius 2 is 2.18 bits per heavy atom. The number of rotatable bonds is 7. The van der Waals surface area contributed by atoms with Crippen molar-refractivity contribution in [3.8, 4) is 6.07 Å². The first-order valence-electron chi connectivity index (χ1n) is 9.19. The summed E-state index contributed by atoms with van der Waals surface area (Å²) in [6.07, 6.45) is 5.37. The Balaban J connectivity index is 1.38. The van der Waals surface area contributed by atoms with E-state index in [9.17, 15) is 10.1 Å². The van der Waals surface area contributed by atoms with Crippen LogP contribution < -0.4 is 10.6 Å². The Kier molecular flexibility index (Phi) is 4.81. The highest BCUT2D eigenvalue weighted by Gasteiger charge is 2.34. The van der Waals surface area contributed by atoms with Gasteiger partial charge < -0.3 is 20.7 Å². The number of fused-ring (bicyclic) bond motifs is 1. The molecule has 8 heteroatoms. The van der Waals surface area contributed by atoms with Gasteiger partial charge in [-0.2, -0.15) is 10.2 Å². The summed E-state index contributed by atoms with van der Waals surface area (Å²) in [6, 6.07) is 10.2. The summed E-state index contributed by atoms with van der Waals surface area (Å²) in [7, 11) is 0. The number of carboxylic acid groups (broad SMARTS) is 1. The lowest BCUT2D eigenvalue weighted by Gasteiger charge is -2.33. The zero-order valence-electron chi connectivity index (χ0n) is 15.1. The van der Waals surface area contributed by atoms with Crippen LogP contribution in [0.15, 0.2) is 36.7 Å². The van der Waals surface area contributed by atoms with Crippen LogP contribution in [0.5, 0.6) is 0 Å². The topological polar surface area (TPSA) is 127 Å². The van der Waals surface area contributed by atoms with Gasteiger partial charge in [0, 0.05) is 29.7 Å². The average Bonchev–Trinajstić information content (AvgIpc) is 3.07. The van der Waals surface area contributed by atoms with Gasteiger partial charge in [-0.05, 0) is 30.9 Å². The molecule has 2 aromatic heterocycles. The van der Waals surface area contributed by atoms with E-state index in [0.29, 0.717) is 36.7 Å². The SMILES string of the molecule is N#Cc1cnc(NCCc2c[nH]c3ccccc23)nc1NC1CC(C(=O)O)C1. The van der Waals surface area contributed by atoms with Crippen molar-refractivity contribution < 1.29 is 9.90 Å². The van der Waals surface area contributed by atoms with Crippen LogP contribution in [0.1, 0.15) is 24.0 Å². The second-order valence-electron chi connectivity index (χ2n) is 6.95. The molecule has 3 aromatic rings. The summed E-state index contributed by atoms with van der Waals surface area (Å²) in [5.74, 6) is -0.212. The van der Waals surface area contributed by atoms with Gasteiger partial charge in [-0.15, -0.1) is 0 Å². The quantitative estimate of drug-likeness (QED) is 0.499. The number of nitriles is 1. The minimum atomic E-state index is -0.777. The van der Waals surface area contributed by atoms with Crippen molar-refractivity contribution in [2.24, 2.45) is 5.92 Å². The van der Waals surface area contributed by atoms with Gasteiger partial charge in [0.05, 0.1) is 12.1 Å². The fraction of sp³-hybridized carbons (Fsp3) is 0.300. The molecule has 0 aliphatic heterocycles. The maximum Gasteiger partial charge on any atom is 0.306 e. The number of para-hydroxylation sites is 1. The van der Waals surface area contributed by atoms with Crippen molar-refractivity contribution in [1.82, 2.24) is 15.0 Å². The highest BCUT2D eigenvalue weighted by molar-refractivity contribution is 5.83. The van der Waals surface area contributed by atoms with E-state index in [1.54, 1.807) is 0 Å². The van der Waals surface area contributed by atoms with E-state index >= 15 is 0 Å². The molecular formula is C20H20N6O2. The fourth-order valence-corrected chi connectivity index (χ4v) is 3.44. The Labute approximate surface area is 161 Å². The minimum Gasteiger partial charge on any atom is -0.481 e. The van der Waals surface area contributed by atoms with E-state index in [1.165, 1.54) is 17.1 Å². The molecule has 1 aliphatic rings. The lowest BCUT2D eigenvalue weighted by Crippen LogP contribution is -2.39. The molecule has 2 heterocycles. The molecule has 8 nitrogen and oxygen atoms in total. The summed E-state index contributed by atoms with van der Waals surface area (Å²) in [4.78, 5) is 22.8. The van der Waals surface area contributed by atoms with Crippen LogP contribution in [0.2, 0.25) is 0 Å². The zero-order chi connectivity index (χ0) is 19.5. The third kappa shape index (κ3) is 3.60. The molecular weight excluding hydrogens is 356 g/mol. The molecule has 1 aromatic carbocycles. The average molecular weight is 376 g/mol. The largest absolute Gasteiger partial charge is 0.481 e. The van der Waals surface area contributed by atoms with E-state index in [2.05, 4.69) is 37.7 Å². The van der Waals surface area contributed by atoms with Crippen molar-refractivity contribution in [3.05, 3.63) is 47.8 Å². The number of benzene rings is 1. The third-order valence-corrected chi connectivity index (χ3v) is 5.09. The Bertz CT molecular complexity index is 1050. The number of hydrogen-bond donors (Lipinski definition) is 4. The monoisotopic (exact) mass is 376 g/mol. The lowest BCUT2D eigenvalue weighted by molar-refractivity contribution is -0.144. The van der Waals surface area contributed by atoms with Gasteiger partial charge in [0.25, 0.3) is 0 Å². The first-order valence-corrected chi connectivity index (χ1v) is 9.19. The van der Waals surface area contributed by atoms with Gasteiger partial charge in [-0.3, -0.25) is 4.79 Å². The highest BCUT2D eigenvalue weighted by atomic mass is 16.4. The minimum absolute atomic E-state index is 0.0159. The van der Waals surface area contributed by atoms with Crippen molar-refractivity contribution in [2.75, 3.05) is 17.2 Å². The predicted molar refractivity (Wildman–Crippen MR) is 105 cm³/mol. The molecule has 1 saturated carbocycles. The maximum atomic E-state index is 10.9. The predicted octanol–water partition coefficient (Wildman–Crippen LogP) is 2.76. The Hall–Kier alpha value is -3.60. The first-order chi connectivity index (χ1) is 13.6. The Morgan fingerprint density at radius 1 is 1.36 bits per heavy atom. The molecule has 0 amide bonds.